The lowest BCUT2D eigenvalue weighted by atomic mass is 10.4. The summed E-state index contributed by atoms with van der Waals surface area (Å²) in [6.45, 7) is 7.32. The van der Waals surface area contributed by atoms with Crippen molar-refractivity contribution in [2.75, 3.05) is 19.6 Å². The molecule has 0 spiro atoms. The Balaban J connectivity index is 3.31. The number of aliphatic hydroxyl groups is 1. The second kappa shape index (κ2) is 6.44. The fourth-order valence-corrected chi connectivity index (χ4v) is 0.810. The fourth-order valence-electron chi connectivity index (χ4n) is 0.810. The van der Waals surface area contributed by atoms with Gasteiger partial charge in [-0.1, -0.05) is 19.8 Å². The normalized spacial score (nSPS) is 9.10. The molecule has 1 N–H and O–H groups in total. The Hall–Kier alpha value is -0.680. The highest BCUT2D eigenvalue weighted by molar-refractivity contribution is 4.90. The molecular weight excluding hydrogens is 126 g/mol. The average molecular weight is 141 g/mol. The fraction of sp³-hybridized carbons (Fsp3) is 0.750. The van der Waals surface area contributed by atoms with Crippen molar-refractivity contribution in [2.45, 2.75) is 20.3 Å². The van der Waals surface area contributed by atoms with Crippen LogP contribution >= 0.6 is 0 Å². The highest BCUT2D eigenvalue weighted by Gasteiger charge is 1.94. The van der Waals surface area contributed by atoms with Gasteiger partial charge in [-0.3, -0.25) is 0 Å². The van der Waals surface area contributed by atoms with Gasteiger partial charge in [-0.25, -0.2) is 0 Å². The predicted octanol–water partition coefficient (Wildman–Crippen LogP) is 1.05. The molecule has 10 heavy (non-hydrogen) atoms. The highest BCUT2D eigenvalue weighted by Crippen LogP contribution is 1.88. The summed E-state index contributed by atoms with van der Waals surface area (Å²) in [5, 5.41) is 8.14. The average Bonchev–Trinajstić information content (AvgIpc) is 1.99. The lowest BCUT2D eigenvalue weighted by Gasteiger charge is -2.15. The lowest BCUT2D eigenvalue weighted by molar-refractivity contribution is 0.311. The molecular formula is C8H15NO. The maximum atomic E-state index is 8.14. The van der Waals surface area contributed by atoms with Gasteiger partial charge < -0.3 is 10.0 Å². The Labute approximate surface area is 62.8 Å². The highest BCUT2D eigenvalue weighted by atomic mass is 16.2. The van der Waals surface area contributed by atoms with Crippen molar-refractivity contribution >= 4 is 0 Å². The summed E-state index contributed by atoms with van der Waals surface area (Å²) in [5.74, 6) is 2.61. The molecule has 0 saturated heterocycles. The van der Waals surface area contributed by atoms with Gasteiger partial charge in [0, 0.05) is 13.0 Å². The standard InChI is InChI=1S/C8H15NO/c1-3-9(4-2)7-5-6-8-10/h10H,3-5,7H2,1-2H3. The van der Waals surface area contributed by atoms with Crippen LogP contribution in [0.5, 0.6) is 0 Å². The molecule has 0 unspecified atom stereocenters. The van der Waals surface area contributed by atoms with Crippen molar-refractivity contribution in [1.82, 2.24) is 4.90 Å². The topological polar surface area (TPSA) is 23.5 Å². The summed E-state index contributed by atoms with van der Waals surface area (Å²) >= 11 is 0. The zero-order valence-electron chi connectivity index (χ0n) is 6.72. The number of hydrogen-bond donors (Lipinski definition) is 1. The minimum absolute atomic E-state index is 0.762. The van der Waals surface area contributed by atoms with E-state index in [0.717, 1.165) is 26.1 Å². The molecule has 0 fully saturated rings. The van der Waals surface area contributed by atoms with Gasteiger partial charge in [0.1, 0.15) is 6.11 Å². The molecule has 0 amide bonds. The number of rotatable bonds is 4. The van der Waals surface area contributed by atoms with Gasteiger partial charge in [-0.15, -0.1) is 0 Å². The van der Waals surface area contributed by atoms with E-state index in [1.807, 2.05) is 6.11 Å². The Kier molecular flexibility index (Phi) is 6.00. The summed E-state index contributed by atoms with van der Waals surface area (Å²) in [6, 6.07) is 0. The van der Waals surface area contributed by atoms with Gasteiger partial charge in [0.15, 0.2) is 0 Å². The van der Waals surface area contributed by atoms with Crippen LogP contribution in [0.1, 0.15) is 20.3 Å². The second-order valence-electron chi connectivity index (χ2n) is 2.07. The van der Waals surface area contributed by atoms with Crippen molar-refractivity contribution in [2.24, 2.45) is 0 Å². The predicted molar refractivity (Wildman–Crippen MR) is 42.1 cm³/mol. The Morgan fingerprint density at radius 2 is 1.90 bits per heavy atom. The van der Waals surface area contributed by atoms with E-state index >= 15 is 0 Å². The van der Waals surface area contributed by atoms with Crippen molar-refractivity contribution in [3.8, 4) is 12.0 Å². The SMILES string of the molecule is CCN(CC)CCC#CO. The van der Waals surface area contributed by atoms with Crippen molar-refractivity contribution < 1.29 is 5.11 Å². The number of hydrogen-bond acceptors (Lipinski definition) is 2. The first-order valence-corrected chi connectivity index (χ1v) is 3.69. The minimum atomic E-state index is 0.762. The Morgan fingerprint density at radius 3 is 2.30 bits per heavy atom. The van der Waals surface area contributed by atoms with E-state index in [-0.39, 0.29) is 0 Å². The van der Waals surface area contributed by atoms with E-state index in [4.69, 9.17) is 5.11 Å². The summed E-state index contributed by atoms with van der Waals surface area (Å²) in [5.41, 5.74) is 0. The van der Waals surface area contributed by atoms with Crippen molar-refractivity contribution in [1.29, 1.82) is 0 Å². The molecule has 0 aliphatic carbocycles. The van der Waals surface area contributed by atoms with Crippen LogP contribution in [0.25, 0.3) is 0 Å². The molecule has 0 aliphatic heterocycles. The number of aliphatic hydroxyl groups excluding tert-OH is 1. The van der Waals surface area contributed by atoms with Gasteiger partial charge in [-0.05, 0) is 13.1 Å². The minimum Gasteiger partial charge on any atom is -0.462 e. The van der Waals surface area contributed by atoms with Crippen LogP contribution in [0.15, 0.2) is 0 Å². The molecule has 2 heteroatoms. The molecule has 58 valence electrons. The van der Waals surface area contributed by atoms with Gasteiger partial charge in [-0.2, -0.15) is 0 Å². The van der Waals surface area contributed by atoms with Crippen LogP contribution in [0.3, 0.4) is 0 Å². The molecule has 2 nitrogen and oxygen atoms in total. The summed E-state index contributed by atoms with van der Waals surface area (Å²) in [7, 11) is 0. The maximum absolute atomic E-state index is 8.14. The molecule has 0 atom stereocenters. The van der Waals surface area contributed by atoms with Crippen LogP contribution in [0.4, 0.5) is 0 Å². The van der Waals surface area contributed by atoms with Crippen LogP contribution in [0.2, 0.25) is 0 Å². The first-order chi connectivity index (χ1) is 4.85. The molecule has 0 saturated carbocycles. The van der Waals surface area contributed by atoms with Crippen LogP contribution in [-0.4, -0.2) is 29.6 Å². The third kappa shape index (κ3) is 4.22. The quantitative estimate of drug-likeness (QED) is 0.591. The molecule has 0 aromatic carbocycles. The summed E-state index contributed by atoms with van der Waals surface area (Å²) in [6.07, 6.45) is 2.66. The maximum Gasteiger partial charge on any atom is 0.107 e. The third-order valence-electron chi connectivity index (χ3n) is 1.53. The van der Waals surface area contributed by atoms with E-state index < -0.39 is 0 Å². The van der Waals surface area contributed by atoms with Crippen LogP contribution in [-0.2, 0) is 0 Å². The first-order valence-electron chi connectivity index (χ1n) is 3.69. The van der Waals surface area contributed by atoms with E-state index in [9.17, 15) is 0 Å². The van der Waals surface area contributed by atoms with Gasteiger partial charge in [0.2, 0.25) is 0 Å². The van der Waals surface area contributed by atoms with Crippen LogP contribution in [0, 0.1) is 12.0 Å². The smallest absolute Gasteiger partial charge is 0.107 e. The molecule has 0 bridgehead atoms. The molecule has 0 aromatic rings. The van der Waals surface area contributed by atoms with Gasteiger partial charge in [0.05, 0.1) is 0 Å². The van der Waals surface area contributed by atoms with E-state index in [0.29, 0.717) is 0 Å². The molecule has 0 heterocycles. The van der Waals surface area contributed by atoms with E-state index in [1.165, 1.54) is 0 Å². The van der Waals surface area contributed by atoms with Crippen molar-refractivity contribution in [3.63, 3.8) is 0 Å². The second-order valence-corrected chi connectivity index (χ2v) is 2.07. The molecule has 0 rings (SSSR count). The molecule has 0 aliphatic rings. The Morgan fingerprint density at radius 1 is 1.30 bits per heavy atom. The number of nitrogens with zero attached hydrogens (tertiary/aromatic N) is 1. The van der Waals surface area contributed by atoms with Gasteiger partial charge >= 0.3 is 0 Å². The molecule has 0 radical (unpaired) electrons. The Bertz CT molecular complexity index is 119. The largest absolute Gasteiger partial charge is 0.462 e. The van der Waals surface area contributed by atoms with E-state index in [2.05, 4.69) is 24.7 Å². The summed E-state index contributed by atoms with van der Waals surface area (Å²) in [4.78, 5) is 2.27. The van der Waals surface area contributed by atoms with E-state index in [1.54, 1.807) is 0 Å². The lowest BCUT2D eigenvalue weighted by Crippen LogP contribution is -2.23. The molecule has 0 aromatic heterocycles. The van der Waals surface area contributed by atoms with Gasteiger partial charge in [0.25, 0.3) is 0 Å². The monoisotopic (exact) mass is 141 g/mol. The summed E-state index contributed by atoms with van der Waals surface area (Å²) < 4.78 is 0. The van der Waals surface area contributed by atoms with Crippen LogP contribution < -0.4 is 0 Å². The zero-order valence-corrected chi connectivity index (χ0v) is 6.72. The zero-order chi connectivity index (χ0) is 7.82. The van der Waals surface area contributed by atoms with Crippen molar-refractivity contribution in [3.05, 3.63) is 0 Å². The third-order valence-corrected chi connectivity index (χ3v) is 1.53. The first kappa shape index (κ1) is 9.32.